The molecule has 6 nitrogen and oxygen atoms in total. The molecule has 6 heteroatoms. The SMILES string of the molecule is CCCCCCCCCCCCCC(=O)OC[C@@H](COC(=O)CCCCCCCCCCCCCCCCC(C)CC)OC(=O)CCCCCCCCCCCCCCCCCCCCC(C)C. The molecule has 0 aliphatic heterocycles. The Morgan fingerprint density at radius 3 is 0.838 bits per heavy atom. The monoisotopic (exact) mass is 961 g/mol. The summed E-state index contributed by atoms with van der Waals surface area (Å²) in [6.45, 7) is 11.5. The highest BCUT2D eigenvalue weighted by atomic mass is 16.6. The van der Waals surface area contributed by atoms with Gasteiger partial charge in [-0.3, -0.25) is 14.4 Å². The zero-order valence-corrected chi connectivity index (χ0v) is 46.7. The Morgan fingerprint density at radius 2 is 0.559 bits per heavy atom. The van der Waals surface area contributed by atoms with Crippen LogP contribution in [0, 0.1) is 11.8 Å². The van der Waals surface area contributed by atoms with Gasteiger partial charge >= 0.3 is 17.9 Å². The molecular formula is C62H120O6. The van der Waals surface area contributed by atoms with Crippen molar-refractivity contribution in [3.63, 3.8) is 0 Å². The summed E-state index contributed by atoms with van der Waals surface area (Å²) in [6.07, 6.45) is 59.5. The molecular weight excluding hydrogens is 841 g/mol. The van der Waals surface area contributed by atoms with Crippen molar-refractivity contribution in [2.45, 2.75) is 355 Å². The summed E-state index contributed by atoms with van der Waals surface area (Å²) in [6, 6.07) is 0. The molecule has 0 radical (unpaired) electrons. The molecule has 0 N–H and O–H groups in total. The van der Waals surface area contributed by atoms with Crippen molar-refractivity contribution in [1.29, 1.82) is 0 Å². The summed E-state index contributed by atoms with van der Waals surface area (Å²) in [4.78, 5) is 38.2. The van der Waals surface area contributed by atoms with E-state index in [1.807, 2.05) is 0 Å². The second kappa shape index (κ2) is 54.7. The van der Waals surface area contributed by atoms with Gasteiger partial charge in [-0.05, 0) is 31.1 Å². The zero-order chi connectivity index (χ0) is 49.6. The molecule has 0 rings (SSSR count). The Kier molecular flexibility index (Phi) is 53.5. The molecule has 0 aliphatic carbocycles. The van der Waals surface area contributed by atoms with Crippen LogP contribution in [-0.2, 0) is 28.6 Å². The predicted molar refractivity (Wildman–Crippen MR) is 293 cm³/mol. The van der Waals surface area contributed by atoms with Gasteiger partial charge in [0.25, 0.3) is 0 Å². The topological polar surface area (TPSA) is 78.9 Å². The molecule has 0 bridgehead atoms. The second-order valence-corrected chi connectivity index (χ2v) is 22.1. The normalized spacial score (nSPS) is 12.4. The van der Waals surface area contributed by atoms with E-state index in [4.69, 9.17) is 14.2 Å². The molecule has 0 spiro atoms. The van der Waals surface area contributed by atoms with Crippen LogP contribution in [0.5, 0.6) is 0 Å². The number of carbonyl (C=O) groups is 3. The largest absolute Gasteiger partial charge is 0.462 e. The van der Waals surface area contributed by atoms with Gasteiger partial charge in [-0.15, -0.1) is 0 Å². The van der Waals surface area contributed by atoms with Crippen LogP contribution < -0.4 is 0 Å². The van der Waals surface area contributed by atoms with E-state index in [2.05, 4.69) is 34.6 Å². The van der Waals surface area contributed by atoms with Crippen molar-refractivity contribution in [2.75, 3.05) is 13.2 Å². The molecule has 0 aliphatic rings. The lowest BCUT2D eigenvalue weighted by atomic mass is 9.99. The molecule has 68 heavy (non-hydrogen) atoms. The first kappa shape index (κ1) is 66.4. The van der Waals surface area contributed by atoms with Crippen LogP contribution in [0.25, 0.3) is 0 Å². The fraction of sp³-hybridized carbons (Fsp3) is 0.952. The molecule has 0 heterocycles. The Labute approximate surface area is 425 Å². The van der Waals surface area contributed by atoms with E-state index in [-0.39, 0.29) is 31.1 Å². The number of hydrogen-bond donors (Lipinski definition) is 0. The lowest BCUT2D eigenvalue weighted by Crippen LogP contribution is -2.30. The minimum absolute atomic E-state index is 0.0622. The van der Waals surface area contributed by atoms with Gasteiger partial charge in [-0.25, -0.2) is 0 Å². The van der Waals surface area contributed by atoms with Crippen molar-refractivity contribution < 1.29 is 28.6 Å². The molecule has 0 amide bonds. The number of esters is 3. The highest BCUT2D eigenvalue weighted by molar-refractivity contribution is 5.71. The maximum atomic E-state index is 12.9. The third-order valence-corrected chi connectivity index (χ3v) is 14.6. The smallest absolute Gasteiger partial charge is 0.306 e. The number of hydrogen-bond acceptors (Lipinski definition) is 6. The highest BCUT2D eigenvalue weighted by Crippen LogP contribution is 2.19. The molecule has 0 aromatic heterocycles. The van der Waals surface area contributed by atoms with Crippen LogP contribution in [-0.4, -0.2) is 37.2 Å². The Hall–Kier alpha value is -1.59. The maximum Gasteiger partial charge on any atom is 0.306 e. The first-order chi connectivity index (χ1) is 33.3. The molecule has 0 saturated carbocycles. The summed E-state index contributed by atoms with van der Waals surface area (Å²) >= 11 is 0. The van der Waals surface area contributed by atoms with E-state index in [0.717, 1.165) is 69.6 Å². The third kappa shape index (κ3) is 53.8. The van der Waals surface area contributed by atoms with Crippen LogP contribution in [0.4, 0.5) is 0 Å². The molecule has 0 aromatic carbocycles. The number of carbonyl (C=O) groups excluding carboxylic acids is 3. The van der Waals surface area contributed by atoms with Crippen molar-refractivity contribution in [1.82, 2.24) is 0 Å². The van der Waals surface area contributed by atoms with Crippen LogP contribution in [0.15, 0.2) is 0 Å². The molecule has 0 fully saturated rings. The second-order valence-electron chi connectivity index (χ2n) is 22.1. The molecule has 0 saturated heterocycles. The van der Waals surface area contributed by atoms with E-state index in [1.54, 1.807) is 0 Å². The number of rotatable bonds is 56. The van der Waals surface area contributed by atoms with E-state index in [9.17, 15) is 14.4 Å². The van der Waals surface area contributed by atoms with E-state index in [0.29, 0.717) is 19.3 Å². The first-order valence-electron chi connectivity index (χ1n) is 30.8. The van der Waals surface area contributed by atoms with Crippen molar-refractivity contribution in [3.8, 4) is 0 Å². The van der Waals surface area contributed by atoms with Crippen LogP contribution >= 0.6 is 0 Å². The number of ether oxygens (including phenoxy) is 3. The van der Waals surface area contributed by atoms with Crippen LogP contribution in [0.3, 0.4) is 0 Å². The third-order valence-electron chi connectivity index (χ3n) is 14.6. The van der Waals surface area contributed by atoms with Gasteiger partial charge < -0.3 is 14.2 Å². The van der Waals surface area contributed by atoms with Gasteiger partial charge in [0.05, 0.1) is 0 Å². The maximum absolute atomic E-state index is 12.9. The summed E-state index contributed by atoms with van der Waals surface area (Å²) in [5.41, 5.74) is 0. The van der Waals surface area contributed by atoms with Crippen molar-refractivity contribution in [2.24, 2.45) is 11.8 Å². The average Bonchev–Trinajstić information content (AvgIpc) is 3.32. The van der Waals surface area contributed by atoms with Crippen molar-refractivity contribution in [3.05, 3.63) is 0 Å². The fourth-order valence-corrected chi connectivity index (χ4v) is 9.55. The minimum Gasteiger partial charge on any atom is -0.462 e. The van der Waals surface area contributed by atoms with E-state index < -0.39 is 6.10 Å². The average molecular weight is 962 g/mol. The first-order valence-corrected chi connectivity index (χ1v) is 30.8. The minimum atomic E-state index is -0.763. The van der Waals surface area contributed by atoms with Gasteiger partial charge in [0, 0.05) is 19.3 Å². The fourth-order valence-electron chi connectivity index (χ4n) is 9.55. The summed E-state index contributed by atoms with van der Waals surface area (Å²) in [5.74, 6) is 0.919. The molecule has 0 aromatic rings. The predicted octanol–water partition coefficient (Wildman–Crippen LogP) is 20.4. The molecule has 2 atom stereocenters. The van der Waals surface area contributed by atoms with Crippen molar-refractivity contribution >= 4 is 17.9 Å². The van der Waals surface area contributed by atoms with Gasteiger partial charge in [0.15, 0.2) is 6.10 Å². The summed E-state index contributed by atoms with van der Waals surface area (Å²) in [5, 5.41) is 0. The zero-order valence-electron chi connectivity index (χ0n) is 46.7. The van der Waals surface area contributed by atoms with E-state index >= 15 is 0 Å². The van der Waals surface area contributed by atoms with Gasteiger partial charge in [-0.1, -0.05) is 311 Å². The van der Waals surface area contributed by atoms with Gasteiger partial charge in [0.2, 0.25) is 0 Å². The van der Waals surface area contributed by atoms with Crippen LogP contribution in [0.2, 0.25) is 0 Å². The standard InChI is InChI=1S/C62H120O6/c1-6-8-9-10-11-12-25-32-37-42-47-52-60(63)66-55-59(56-67-61(64)53-48-43-38-33-28-23-20-19-22-27-31-36-41-46-51-58(5)7-2)68-62(65)54-49-44-39-34-29-24-18-16-14-13-15-17-21-26-30-35-40-45-50-57(3)4/h57-59H,6-56H2,1-5H3/t58?,59-/m0/s1. The summed E-state index contributed by atoms with van der Waals surface area (Å²) in [7, 11) is 0. The lowest BCUT2D eigenvalue weighted by molar-refractivity contribution is -0.167. The Balaban J connectivity index is 4.23. The quantitative estimate of drug-likeness (QED) is 0.0343. The molecule has 404 valence electrons. The Morgan fingerprint density at radius 1 is 0.309 bits per heavy atom. The van der Waals surface area contributed by atoms with Crippen LogP contribution in [0.1, 0.15) is 349 Å². The van der Waals surface area contributed by atoms with Gasteiger partial charge in [0.1, 0.15) is 13.2 Å². The Bertz CT molecular complexity index is 1040. The van der Waals surface area contributed by atoms with Gasteiger partial charge in [-0.2, -0.15) is 0 Å². The number of unbranched alkanes of at least 4 members (excludes halogenated alkanes) is 40. The molecule has 1 unspecified atom stereocenters. The highest BCUT2D eigenvalue weighted by Gasteiger charge is 2.19. The van der Waals surface area contributed by atoms with E-state index in [1.165, 1.54) is 238 Å². The summed E-state index contributed by atoms with van der Waals surface area (Å²) < 4.78 is 16.9. The lowest BCUT2D eigenvalue weighted by Gasteiger charge is -2.18.